The van der Waals surface area contributed by atoms with Crippen LogP contribution in [0.3, 0.4) is 0 Å². The minimum Gasteiger partial charge on any atom is -0.376 e. The number of hydrogen-bond acceptors (Lipinski definition) is 4. The van der Waals surface area contributed by atoms with Gasteiger partial charge in [-0.3, -0.25) is 4.79 Å². The highest BCUT2D eigenvalue weighted by atomic mass is 16.5. The summed E-state index contributed by atoms with van der Waals surface area (Å²) in [4.78, 5) is 16.4. The molecule has 0 aromatic carbocycles. The molecule has 104 valence electrons. The minimum absolute atomic E-state index is 0.0338. The molecule has 0 aliphatic carbocycles. The third-order valence-electron chi connectivity index (χ3n) is 3.67. The Hall–Kier alpha value is -1.62. The van der Waals surface area contributed by atoms with Crippen molar-refractivity contribution in [3.05, 3.63) is 23.9 Å². The first kappa shape index (κ1) is 13.8. The summed E-state index contributed by atoms with van der Waals surface area (Å²) in [7, 11) is 0. The number of nitrogens with one attached hydrogen (secondary N) is 2. The van der Waals surface area contributed by atoms with E-state index in [0.717, 1.165) is 18.8 Å². The van der Waals surface area contributed by atoms with Crippen molar-refractivity contribution in [3.63, 3.8) is 0 Å². The molecule has 2 rings (SSSR count). The number of aromatic nitrogens is 1. The van der Waals surface area contributed by atoms with Crippen LogP contribution in [0.4, 0.5) is 5.82 Å². The van der Waals surface area contributed by atoms with Gasteiger partial charge in [0.2, 0.25) is 0 Å². The van der Waals surface area contributed by atoms with Gasteiger partial charge in [0.1, 0.15) is 5.82 Å². The molecule has 1 aromatic rings. The zero-order valence-corrected chi connectivity index (χ0v) is 11.7. The highest BCUT2D eigenvalue weighted by Gasteiger charge is 2.38. The Kier molecular flexibility index (Phi) is 4.04. The molecule has 0 saturated carbocycles. The van der Waals surface area contributed by atoms with Crippen molar-refractivity contribution in [1.82, 2.24) is 10.3 Å². The average molecular weight is 263 g/mol. The summed E-state index contributed by atoms with van der Waals surface area (Å²) in [6, 6.07) is 3.49. The number of pyridine rings is 1. The lowest BCUT2D eigenvalue weighted by atomic mass is 9.94. The lowest BCUT2D eigenvalue weighted by Crippen LogP contribution is -2.50. The van der Waals surface area contributed by atoms with Gasteiger partial charge in [-0.05, 0) is 39.3 Å². The highest BCUT2D eigenvalue weighted by Crippen LogP contribution is 2.25. The topological polar surface area (TPSA) is 63.2 Å². The van der Waals surface area contributed by atoms with E-state index in [9.17, 15) is 4.79 Å². The van der Waals surface area contributed by atoms with Crippen molar-refractivity contribution < 1.29 is 9.53 Å². The summed E-state index contributed by atoms with van der Waals surface area (Å²) in [6.45, 7) is 7.48. The Balaban J connectivity index is 2.09. The zero-order chi connectivity index (χ0) is 13.9. The smallest absolute Gasteiger partial charge is 0.251 e. The lowest BCUT2D eigenvalue weighted by molar-refractivity contribution is 0.0727. The van der Waals surface area contributed by atoms with E-state index in [1.54, 1.807) is 18.3 Å². The molecule has 5 nitrogen and oxygen atoms in total. The second-order valence-electron chi connectivity index (χ2n) is 5.09. The van der Waals surface area contributed by atoms with Gasteiger partial charge >= 0.3 is 0 Å². The third-order valence-corrected chi connectivity index (χ3v) is 3.67. The van der Waals surface area contributed by atoms with Crippen molar-refractivity contribution in [2.45, 2.75) is 38.8 Å². The number of ether oxygens (including phenoxy) is 1. The van der Waals surface area contributed by atoms with Gasteiger partial charge in [0.15, 0.2) is 0 Å². The van der Waals surface area contributed by atoms with Gasteiger partial charge in [0.05, 0.1) is 11.6 Å². The molecule has 0 spiro atoms. The standard InChI is InChI=1S/C14H21N3O2/c1-4-15-12-9-11(5-7-16-12)13(18)17-14(3)6-8-19-10(14)2/h5,7,9-10H,4,6,8H2,1-3H3,(H,15,16)(H,17,18). The van der Waals surface area contributed by atoms with Crippen LogP contribution < -0.4 is 10.6 Å². The molecular weight excluding hydrogens is 242 g/mol. The van der Waals surface area contributed by atoms with E-state index < -0.39 is 0 Å². The summed E-state index contributed by atoms with van der Waals surface area (Å²) >= 11 is 0. The van der Waals surface area contributed by atoms with E-state index in [4.69, 9.17) is 4.74 Å². The molecule has 0 bridgehead atoms. The number of hydrogen-bond donors (Lipinski definition) is 2. The Morgan fingerprint density at radius 2 is 2.42 bits per heavy atom. The maximum absolute atomic E-state index is 12.3. The number of rotatable bonds is 4. The molecule has 19 heavy (non-hydrogen) atoms. The molecule has 1 fully saturated rings. The van der Waals surface area contributed by atoms with Gasteiger partial charge in [-0.1, -0.05) is 0 Å². The summed E-state index contributed by atoms with van der Waals surface area (Å²) < 4.78 is 5.53. The van der Waals surface area contributed by atoms with Crippen LogP contribution in [0.2, 0.25) is 0 Å². The number of carbonyl (C=O) groups excluding carboxylic acids is 1. The fourth-order valence-electron chi connectivity index (χ4n) is 2.18. The van der Waals surface area contributed by atoms with Crippen molar-refractivity contribution in [2.24, 2.45) is 0 Å². The molecule has 1 aliphatic heterocycles. The fourth-order valence-corrected chi connectivity index (χ4v) is 2.18. The molecule has 1 saturated heterocycles. The van der Waals surface area contributed by atoms with Crippen molar-refractivity contribution in [2.75, 3.05) is 18.5 Å². The van der Waals surface area contributed by atoms with Crippen LogP contribution in [-0.2, 0) is 4.74 Å². The van der Waals surface area contributed by atoms with Gasteiger partial charge in [-0.15, -0.1) is 0 Å². The predicted octanol–water partition coefficient (Wildman–Crippen LogP) is 1.81. The molecule has 5 heteroatoms. The molecule has 2 heterocycles. The molecule has 1 aliphatic rings. The minimum atomic E-state index is -0.293. The molecule has 1 amide bonds. The summed E-state index contributed by atoms with van der Waals surface area (Å²) in [5, 5.41) is 6.17. The van der Waals surface area contributed by atoms with E-state index in [-0.39, 0.29) is 17.6 Å². The second kappa shape index (κ2) is 5.57. The molecule has 2 N–H and O–H groups in total. The summed E-state index contributed by atoms with van der Waals surface area (Å²) in [5.74, 6) is 0.637. The average Bonchev–Trinajstić information content (AvgIpc) is 2.70. The summed E-state index contributed by atoms with van der Waals surface area (Å²) in [6.07, 6.45) is 2.51. The monoisotopic (exact) mass is 263 g/mol. The third kappa shape index (κ3) is 3.04. The van der Waals surface area contributed by atoms with Crippen LogP contribution in [0.15, 0.2) is 18.3 Å². The van der Waals surface area contributed by atoms with Gasteiger partial charge in [0, 0.05) is 24.9 Å². The van der Waals surface area contributed by atoms with Crippen molar-refractivity contribution in [3.8, 4) is 0 Å². The van der Waals surface area contributed by atoms with Gasteiger partial charge in [-0.2, -0.15) is 0 Å². The molecule has 2 unspecified atom stereocenters. The van der Waals surface area contributed by atoms with Gasteiger partial charge in [0.25, 0.3) is 5.91 Å². The normalized spacial score (nSPS) is 26.2. The summed E-state index contributed by atoms with van der Waals surface area (Å²) in [5.41, 5.74) is 0.324. The highest BCUT2D eigenvalue weighted by molar-refractivity contribution is 5.95. The number of nitrogens with zero attached hydrogens (tertiary/aromatic N) is 1. The van der Waals surface area contributed by atoms with E-state index in [1.807, 2.05) is 20.8 Å². The number of carbonyl (C=O) groups is 1. The van der Waals surface area contributed by atoms with Crippen molar-refractivity contribution in [1.29, 1.82) is 0 Å². The van der Waals surface area contributed by atoms with Crippen LogP contribution in [0.1, 0.15) is 37.6 Å². The Morgan fingerprint density at radius 1 is 1.63 bits per heavy atom. The Bertz CT molecular complexity index is 464. The van der Waals surface area contributed by atoms with E-state index in [2.05, 4.69) is 15.6 Å². The zero-order valence-electron chi connectivity index (χ0n) is 11.7. The Labute approximate surface area is 113 Å². The predicted molar refractivity (Wildman–Crippen MR) is 74.3 cm³/mol. The molecular formula is C14H21N3O2. The maximum Gasteiger partial charge on any atom is 0.251 e. The van der Waals surface area contributed by atoms with Crippen LogP contribution >= 0.6 is 0 Å². The van der Waals surface area contributed by atoms with Gasteiger partial charge in [-0.25, -0.2) is 4.98 Å². The van der Waals surface area contributed by atoms with E-state index in [1.165, 1.54) is 0 Å². The first-order valence-electron chi connectivity index (χ1n) is 6.69. The van der Waals surface area contributed by atoms with Crippen LogP contribution in [0, 0.1) is 0 Å². The van der Waals surface area contributed by atoms with Gasteiger partial charge < -0.3 is 15.4 Å². The Morgan fingerprint density at radius 3 is 3.05 bits per heavy atom. The van der Waals surface area contributed by atoms with Crippen LogP contribution in [-0.4, -0.2) is 35.7 Å². The van der Waals surface area contributed by atoms with Crippen LogP contribution in [0.5, 0.6) is 0 Å². The SMILES string of the molecule is CCNc1cc(C(=O)NC2(C)CCOC2C)ccn1. The van der Waals surface area contributed by atoms with Crippen molar-refractivity contribution >= 4 is 11.7 Å². The quantitative estimate of drug-likeness (QED) is 0.869. The van der Waals surface area contributed by atoms with E-state index in [0.29, 0.717) is 12.2 Å². The molecule has 1 aromatic heterocycles. The second-order valence-corrected chi connectivity index (χ2v) is 5.09. The van der Waals surface area contributed by atoms with E-state index >= 15 is 0 Å². The molecule has 0 radical (unpaired) electrons. The lowest BCUT2D eigenvalue weighted by Gasteiger charge is -2.28. The maximum atomic E-state index is 12.3. The number of anilines is 1. The van der Waals surface area contributed by atoms with Crippen LogP contribution in [0.25, 0.3) is 0 Å². The largest absolute Gasteiger partial charge is 0.376 e. The molecule has 2 atom stereocenters. The fraction of sp³-hybridized carbons (Fsp3) is 0.571. The first-order valence-corrected chi connectivity index (χ1v) is 6.69. The first-order chi connectivity index (χ1) is 9.05. The number of amides is 1.